The van der Waals surface area contributed by atoms with Crippen molar-refractivity contribution in [3.63, 3.8) is 0 Å². The molecular formula is C20H16ClFN4O2S. The lowest BCUT2D eigenvalue weighted by Gasteiger charge is -2.22. The third kappa shape index (κ3) is 4.28. The van der Waals surface area contributed by atoms with Gasteiger partial charge in [-0.05, 0) is 61.4 Å². The molecule has 6 nitrogen and oxygen atoms in total. The zero-order valence-corrected chi connectivity index (χ0v) is 16.7. The number of likely N-dealkylation sites (tertiary alicyclic amines) is 1. The van der Waals surface area contributed by atoms with E-state index in [9.17, 15) is 14.0 Å². The predicted molar refractivity (Wildman–Crippen MR) is 109 cm³/mol. The van der Waals surface area contributed by atoms with Gasteiger partial charge in [0.05, 0.1) is 6.04 Å². The average Bonchev–Trinajstić information content (AvgIpc) is 3.39. The lowest BCUT2D eigenvalue weighted by atomic mass is 10.1. The Bertz CT molecular complexity index is 1040. The lowest BCUT2D eigenvalue weighted by molar-refractivity contribution is 0.0735. The number of anilines is 1. The summed E-state index contributed by atoms with van der Waals surface area (Å²) < 4.78 is 13.0. The molecule has 0 bridgehead atoms. The Balaban J connectivity index is 1.49. The summed E-state index contributed by atoms with van der Waals surface area (Å²) in [5.41, 5.74) is 1.02. The van der Waals surface area contributed by atoms with Crippen LogP contribution in [-0.4, -0.2) is 33.5 Å². The molecule has 3 aromatic rings. The normalized spacial score (nSPS) is 16.1. The third-order valence-corrected chi connectivity index (χ3v) is 5.90. The van der Waals surface area contributed by atoms with Gasteiger partial charge in [-0.2, -0.15) is 0 Å². The van der Waals surface area contributed by atoms with Crippen LogP contribution in [0.15, 0.2) is 48.5 Å². The van der Waals surface area contributed by atoms with E-state index in [1.165, 1.54) is 24.3 Å². The molecule has 1 aliphatic heterocycles. The second-order valence-corrected chi connectivity index (χ2v) is 8.02. The molecule has 0 radical (unpaired) electrons. The highest BCUT2D eigenvalue weighted by Gasteiger charge is 2.33. The number of rotatable bonds is 4. The maximum absolute atomic E-state index is 13.0. The number of halogens is 2. The fourth-order valence-electron chi connectivity index (χ4n) is 3.20. The van der Waals surface area contributed by atoms with Crippen molar-refractivity contribution in [2.24, 2.45) is 0 Å². The number of carbonyl (C=O) groups excluding carboxylic acids is 2. The molecule has 2 heterocycles. The predicted octanol–water partition coefficient (Wildman–Crippen LogP) is 4.56. The first-order valence-electron chi connectivity index (χ1n) is 8.98. The van der Waals surface area contributed by atoms with Gasteiger partial charge in [0.25, 0.3) is 11.8 Å². The monoisotopic (exact) mass is 430 g/mol. The molecule has 0 spiro atoms. The van der Waals surface area contributed by atoms with Crippen LogP contribution in [0.2, 0.25) is 5.02 Å². The average molecular weight is 431 g/mol. The van der Waals surface area contributed by atoms with Crippen LogP contribution in [-0.2, 0) is 0 Å². The second kappa shape index (κ2) is 8.26. The topological polar surface area (TPSA) is 75.2 Å². The van der Waals surface area contributed by atoms with Gasteiger partial charge in [0.15, 0.2) is 0 Å². The van der Waals surface area contributed by atoms with E-state index in [2.05, 4.69) is 15.5 Å². The minimum Gasteiger partial charge on any atom is -0.329 e. The summed E-state index contributed by atoms with van der Waals surface area (Å²) in [6.45, 7) is 0.614. The summed E-state index contributed by atoms with van der Waals surface area (Å²) in [6, 6.07) is 12.0. The van der Waals surface area contributed by atoms with E-state index < -0.39 is 5.91 Å². The van der Waals surface area contributed by atoms with Crippen LogP contribution in [0.3, 0.4) is 0 Å². The molecule has 1 saturated heterocycles. The van der Waals surface area contributed by atoms with Gasteiger partial charge in [-0.3, -0.25) is 9.59 Å². The third-order valence-electron chi connectivity index (χ3n) is 4.63. The van der Waals surface area contributed by atoms with E-state index in [4.69, 9.17) is 11.6 Å². The zero-order valence-electron chi connectivity index (χ0n) is 15.1. The number of aromatic nitrogens is 2. The van der Waals surface area contributed by atoms with Crippen molar-refractivity contribution in [1.82, 2.24) is 15.1 Å². The van der Waals surface area contributed by atoms with Gasteiger partial charge in [0.1, 0.15) is 10.8 Å². The second-order valence-electron chi connectivity index (χ2n) is 6.57. The lowest BCUT2D eigenvalue weighted by Crippen LogP contribution is -2.30. The van der Waals surface area contributed by atoms with Gasteiger partial charge in [0.2, 0.25) is 5.01 Å². The van der Waals surface area contributed by atoms with E-state index in [0.717, 1.165) is 24.2 Å². The summed E-state index contributed by atoms with van der Waals surface area (Å²) in [5.74, 6) is -0.904. The van der Waals surface area contributed by atoms with Gasteiger partial charge < -0.3 is 10.2 Å². The fraction of sp³-hybridized carbons (Fsp3) is 0.200. The molecule has 1 N–H and O–H groups in total. The molecule has 2 amide bonds. The van der Waals surface area contributed by atoms with Crippen molar-refractivity contribution in [2.75, 3.05) is 11.9 Å². The number of hydrogen-bond donors (Lipinski definition) is 1. The minimum atomic E-state index is -0.422. The molecular weight excluding hydrogens is 415 g/mol. The van der Waals surface area contributed by atoms with Gasteiger partial charge in [0, 0.05) is 22.8 Å². The van der Waals surface area contributed by atoms with Gasteiger partial charge in [-0.25, -0.2) is 4.39 Å². The van der Waals surface area contributed by atoms with Gasteiger partial charge >= 0.3 is 0 Å². The summed E-state index contributed by atoms with van der Waals surface area (Å²) >= 11 is 7.06. The first-order valence-corrected chi connectivity index (χ1v) is 10.2. The van der Waals surface area contributed by atoms with Crippen LogP contribution in [0.1, 0.15) is 44.1 Å². The number of benzene rings is 2. The number of hydrogen-bond acceptors (Lipinski definition) is 5. The molecule has 0 aliphatic carbocycles. The minimum absolute atomic E-state index is 0.100. The van der Waals surface area contributed by atoms with Crippen LogP contribution < -0.4 is 5.32 Å². The Hall–Kier alpha value is -2.84. The number of nitrogens with one attached hydrogen (secondary N) is 1. The van der Waals surface area contributed by atoms with Crippen LogP contribution in [0.4, 0.5) is 10.1 Å². The SMILES string of the molecule is O=C(Nc1ccc(F)cc1)c1nnc([C@H]2CCCN2C(=O)c2ccc(Cl)cc2)s1. The maximum atomic E-state index is 13.0. The molecule has 148 valence electrons. The molecule has 29 heavy (non-hydrogen) atoms. The zero-order chi connectivity index (χ0) is 20.4. The largest absolute Gasteiger partial charge is 0.329 e. The van der Waals surface area contributed by atoms with Crippen molar-refractivity contribution < 1.29 is 14.0 Å². The molecule has 1 aliphatic rings. The molecule has 2 aromatic carbocycles. The summed E-state index contributed by atoms with van der Waals surface area (Å²) in [7, 11) is 0. The van der Waals surface area contributed by atoms with E-state index in [1.807, 2.05) is 0 Å². The first-order chi connectivity index (χ1) is 14.0. The highest BCUT2D eigenvalue weighted by atomic mass is 35.5. The highest BCUT2D eigenvalue weighted by Crippen LogP contribution is 2.35. The van der Waals surface area contributed by atoms with Crippen molar-refractivity contribution in [1.29, 1.82) is 0 Å². The smallest absolute Gasteiger partial charge is 0.286 e. The molecule has 4 rings (SSSR count). The Labute approximate surface area is 175 Å². The Morgan fingerprint density at radius 1 is 1.10 bits per heavy atom. The number of amides is 2. The standard InChI is InChI=1S/C20H16ClFN4O2S/c21-13-5-3-12(4-6-13)20(28)26-11-1-2-16(26)18-24-25-19(29-18)17(27)23-15-9-7-14(22)8-10-15/h3-10,16H,1-2,11H2,(H,23,27)/t16-/m1/s1. The number of nitrogens with zero attached hydrogens (tertiary/aromatic N) is 3. The molecule has 0 unspecified atom stereocenters. The highest BCUT2D eigenvalue weighted by molar-refractivity contribution is 7.13. The van der Waals surface area contributed by atoms with Crippen LogP contribution in [0.25, 0.3) is 0 Å². The van der Waals surface area contributed by atoms with E-state index in [-0.39, 0.29) is 22.8 Å². The van der Waals surface area contributed by atoms with Crippen LogP contribution in [0, 0.1) is 5.82 Å². The molecule has 0 saturated carbocycles. The Morgan fingerprint density at radius 3 is 2.55 bits per heavy atom. The Morgan fingerprint density at radius 2 is 1.83 bits per heavy atom. The van der Waals surface area contributed by atoms with Crippen LogP contribution in [0.5, 0.6) is 0 Å². The van der Waals surface area contributed by atoms with E-state index >= 15 is 0 Å². The summed E-state index contributed by atoms with van der Waals surface area (Å²) in [4.78, 5) is 27.0. The first kappa shape index (κ1) is 19.5. The van der Waals surface area contributed by atoms with E-state index in [0.29, 0.717) is 27.8 Å². The molecule has 1 atom stereocenters. The molecule has 1 fully saturated rings. The molecule has 1 aromatic heterocycles. The fourth-order valence-corrected chi connectivity index (χ4v) is 4.22. The van der Waals surface area contributed by atoms with Gasteiger partial charge in [-0.15, -0.1) is 10.2 Å². The quantitative estimate of drug-likeness (QED) is 0.658. The van der Waals surface area contributed by atoms with Crippen molar-refractivity contribution in [3.05, 3.63) is 74.9 Å². The van der Waals surface area contributed by atoms with Crippen molar-refractivity contribution >= 4 is 40.4 Å². The van der Waals surface area contributed by atoms with Crippen LogP contribution >= 0.6 is 22.9 Å². The van der Waals surface area contributed by atoms with E-state index in [1.54, 1.807) is 29.2 Å². The maximum Gasteiger partial charge on any atom is 0.286 e. The number of carbonyl (C=O) groups is 2. The molecule has 9 heteroatoms. The van der Waals surface area contributed by atoms with Crippen molar-refractivity contribution in [3.8, 4) is 0 Å². The van der Waals surface area contributed by atoms with Crippen molar-refractivity contribution in [2.45, 2.75) is 18.9 Å². The summed E-state index contributed by atoms with van der Waals surface area (Å²) in [6.07, 6.45) is 1.61. The van der Waals surface area contributed by atoms with Gasteiger partial charge in [-0.1, -0.05) is 22.9 Å². The summed E-state index contributed by atoms with van der Waals surface area (Å²) in [5, 5.41) is 12.2. The Kier molecular flexibility index (Phi) is 5.55.